The molecule has 3 N–H and O–H groups in total. The van der Waals surface area contributed by atoms with E-state index in [1.165, 1.54) is 16.8 Å². The van der Waals surface area contributed by atoms with E-state index in [4.69, 9.17) is 15.4 Å². The Bertz CT molecular complexity index is 505. The third-order valence-corrected chi connectivity index (χ3v) is 2.99. The molecule has 0 amide bonds. The quantitative estimate of drug-likeness (QED) is 0.751. The van der Waals surface area contributed by atoms with Crippen LogP contribution in [0, 0.1) is 0 Å². The normalized spacial score (nSPS) is 24.2. The van der Waals surface area contributed by atoms with Crippen molar-refractivity contribution >= 4 is 14.1 Å². The Morgan fingerprint density at radius 1 is 1.67 bits per heavy atom. The number of hydrogen-bond acceptors (Lipinski definition) is 6. The van der Waals surface area contributed by atoms with Gasteiger partial charge in [0.15, 0.2) is 0 Å². The first-order chi connectivity index (χ1) is 8.56. The van der Waals surface area contributed by atoms with E-state index in [9.17, 15) is 9.36 Å². The van der Waals surface area contributed by atoms with Gasteiger partial charge in [-0.2, -0.15) is 4.98 Å². The fourth-order valence-electron chi connectivity index (χ4n) is 1.81. The first kappa shape index (κ1) is 13.1. The Hall–Kier alpha value is -1.34. The number of aromatic nitrogens is 2. The fourth-order valence-corrected chi connectivity index (χ4v) is 2.10. The van der Waals surface area contributed by atoms with Gasteiger partial charge in [-0.15, -0.1) is 9.42 Å². The van der Waals surface area contributed by atoms with Crippen LogP contribution in [0.4, 0.5) is 5.82 Å². The molecule has 1 aliphatic rings. The van der Waals surface area contributed by atoms with Crippen molar-refractivity contribution in [3.05, 3.63) is 22.7 Å². The maximum atomic E-state index is 11.6. The lowest BCUT2D eigenvalue weighted by atomic mass is 10.2. The van der Waals surface area contributed by atoms with E-state index < -0.39 is 20.2 Å². The molecule has 3 unspecified atom stereocenters. The summed E-state index contributed by atoms with van der Waals surface area (Å²) in [6.45, 7) is 0.0271. The lowest BCUT2D eigenvalue weighted by Crippen LogP contribution is -2.27. The van der Waals surface area contributed by atoms with Crippen molar-refractivity contribution in [2.24, 2.45) is 0 Å². The third-order valence-electron chi connectivity index (χ3n) is 2.62. The highest BCUT2D eigenvalue weighted by molar-refractivity contribution is 7.32. The van der Waals surface area contributed by atoms with Crippen LogP contribution < -0.4 is 11.4 Å². The molecule has 0 spiro atoms. The van der Waals surface area contributed by atoms with Gasteiger partial charge in [-0.05, 0) is 18.9 Å². The second kappa shape index (κ2) is 5.53. The molecular formula is C9H13N3O5P+. The van der Waals surface area contributed by atoms with E-state index in [0.717, 1.165) is 0 Å². The van der Waals surface area contributed by atoms with Gasteiger partial charge in [-0.3, -0.25) is 4.57 Å². The van der Waals surface area contributed by atoms with Gasteiger partial charge in [0.25, 0.3) is 0 Å². The Morgan fingerprint density at radius 2 is 2.44 bits per heavy atom. The molecule has 8 nitrogen and oxygen atoms in total. The van der Waals surface area contributed by atoms with Gasteiger partial charge in [0.2, 0.25) is 0 Å². The van der Waals surface area contributed by atoms with Crippen LogP contribution in [-0.2, 0) is 13.8 Å². The average molecular weight is 274 g/mol. The molecule has 9 heteroatoms. The summed E-state index contributed by atoms with van der Waals surface area (Å²) in [4.78, 5) is 23.7. The first-order valence-corrected chi connectivity index (χ1v) is 6.48. The summed E-state index contributed by atoms with van der Waals surface area (Å²) in [5.74, 6) is 0.159. The predicted molar refractivity (Wildman–Crippen MR) is 61.8 cm³/mol. The zero-order valence-corrected chi connectivity index (χ0v) is 10.3. The van der Waals surface area contributed by atoms with E-state index in [1.807, 2.05) is 0 Å². The second-order valence-electron chi connectivity index (χ2n) is 3.87. The number of anilines is 1. The molecule has 1 saturated heterocycles. The molecule has 1 aromatic rings. The summed E-state index contributed by atoms with van der Waals surface area (Å²) in [5, 5.41) is 0. The SMILES string of the molecule is Nc1ccn(C2CCC(CO[P+](=O)O)O2)c(=O)n1. The number of nitrogens with two attached hydrogens (primary N) is 1. The van der Waals surface area contributed by atoms with Crippen LogP contribution in [0.25, 0.3) is 0 Å². The van der Waals surface area contributed by atoms with Crippen LogP contribution in [0.3, 0.4) is 0 Å². The number of nitrogens with zero attached hydrogens (tertiary/aromatic N) is 2. The van der Waals surface area contributed by atoms with Crippen LogP contribution in [0.5, 0.6) is 0 Å². The molecule has 2 rings (SSSR count). The summed E-state index contributed by atoms with van der Waals surface area (Å²) in [7, 11) is -2.62. The van der Waals surface area contributed by atoms with Crippen LogP contribution >= 0.6 is 8.25 Å². The van der Waals surface area contributed by atoms with Gasteiger partial charge in [0.05, 0.1) is 6.10 Å². The van der Waals surface area contributed by atoms with Gasteiger partial charge in [0.1, 0.15) is 18.7 Å². The number of rotatable bonds is 4. The van der Waals surface area contributed by atoms with Crippen LogP contribution in [0.15, 0.2) is 17.1 Å². The van der Waals surface area contributed by atoms with Crippen molar-refractivity contribution in [2.45, 2.75) is 25.2 Å². The monoisotopic (exact) mass is 274 g/mol. The van der Waals surface area contributed by atoms with Crippen molar-refractivity contribution in [1.29, 1.82) is 0 Å². The molecule has 98 valence electrons. The lowest BCUT2D eigenvalue weighted by molar-refractivity contribution is -0.0202. The first-order valence-electron chi connectivity index (χ1n) is 5.35. The van der Waals surface area contributed by atoms with Crippen molar-refractivity contribution in [1.82, 2.24) is 9.55 Å². The van der Waals surface area contributed by atoms with Crippen molar-refractivity contribution in [3.63, 3.8) is 0 Å². The largest absolute Gasteiger partial charge is 0.694 e. The van der Waals surface area contributed by atoms with Crippen molar-refractivity contribution in [3.8, 4) is 0 Å². The highest BCUT2D eigenvalue weighted by Crippen LogP contribution is 2.29. The summed E-state index contributed by atoms with van der Waals surface area (Å²) in [6.07, 6.45) is 2.04. The van der Waals surface area contributed by atoms with Gasteiger partial charge >= 0.3 is 13.9 Å². The van der Waals surface area contributed by atoms with E-state index in [1.54, 1.807) is 0 Å². The molecule has 3 atom stereocenters. The molecule has 0 radical (unpaired) electrons. The smallest absolute Gasteiger partial charge is 0.383 e. The summed E-state index contributed by atoms with van der Waals surface area (Å²) in [6, 6.07) is 1.51. The van der Waals surface area contributed by atoms with E-state index in [-0.39, 0.29) is 18.5 Å². The van der Waals surface area contributed by atoms with Gasteiger partial charge in [0, 0.05) is 10.8 Å². The number of nitrogen functional groups attached to an aromatic ring is 1. The van der Waals surface area contributed by atoms with Crippen molar-refractivity contribution in [2.75, 3.05) is 12.3 Å². The average Bonchev–Trinajstić information content (AvgIpc) is 2.75. The Morgan fingerprint density at radius 3 is 3.11 bits per heavy atom. The number of hydrogen-bond donors (Lipinski definition) is 2. The summed E-state index contributed by atoms with van der Waals surface area (Å²) in [5.41, 5.74) is 4.91. The zero-order valence-electron chi connectivity index (χ0n) is 9.43. The Labute approximate surface area is 103 Å². The molecule has 0 aromatic carbocycles. The molecule has 2 heterocycles. The van der Waals surface area contributed by atoms with Crippen LogP contribution in [0.2, 0.25) is 0 Å². The zero-order chi connectivity index (χ0) is 13.1. The molecule has 0 aliphatic carbocycles. The Balaban J connectivity index is 2.00. The molecule has 1 fully saturated rings. The van der Waals surface area contributed by atoms with E-state index >= 15 is 0 Å². The topological polar surface area (TPSA) is 117 Å². The van der Waals surface area contributed by atoms with Crippen molar-refractivity contribution < 1.29 is 18.7 Å². The lowest BCUT2D eigenvalue weighted by Gasteiger charge is -2.14. The second-order valence-corrected chi connectivity index (χ2v) is 4.60. The molecule has 1 aromatic heterocycles. The minimum atomic E-state index is -2.62. The molecule has 18 heavy (non-hydrogen) atoms. The van der Waals surface area contributed by atoms with Gasteiger partial charge in [-0.25, -0.2) is 4.79 Å². The summed E-state index contributed by atoms with van der Waals surface area (Å²) >= 11 is 0. The predicted octanol–water partition coefficient (Wildman–Crippen LogP) is 0.169. The number of ether oxygens (including phenoxy) is 1. The summed E-state index contributed by atoms with van der Waals surface area (Å²) < 4.78 is 21.8. The standard InChI is InChI=1S/C9H12N3O5P/c10-7-3-4-12(9(13)11-7)8-2-1-6(17-8)5-16-18(14)15/h3-4,6,8H,1-2,5H2,(H2-,10,11,13,14,15)/p+1. The molecular weight excluding hydrogens is 261 g/mol. The van der Waals surface area contributed by atoms with Gasteiger partial charge in [-0.1, -0.05) is 0 Å². The van der Waals surface area contributed by atoms with Crippen LogP contribution in [0.1, 0.15) is 19.1 Å². The third kappa shape index (κ3) is 3.11. The fraction of sp³-hybridized carbons (Fsp3) is 0.556. The minimum absolute atomic E-state index is 0.0271. The molecule has 1 aliphatic heterocycles. The van der Waals surface area contributed by atoms with Crippen LogP contribution in [-0.4, -0.2) is 27.2 Å². The maximum Gasteiger partial charge on any atom is 0.694 e. The van der Waals surface area contributed by atoms with E-state index in [2.05, 4.69) is 9.51 Å². The maximum absolute atomic E-state index is 11.6. The minimum Gasteiger partial charge on any atom is -0.383 e. The van der Waals surface area contributed by atoms with E-state index in [0.29, 0.717) is 12.8 Å². The Kier molecular flexibility index (Phi) is 4.03. The van der Waals surface area contributed by atoms with Gasteiger partial charge < -0.3 is 10.5 Å². The highest BCUT2D eigenvalue weighted by Gasteiger charge is 2.30. The molecule has 0 saturated carbocycles. The highest BCUT2D eigenvalue weighted by atomic mass is 31.1. The molecule has 0 bridgehead atoms.